The molecule has 6 nitrogen and oxygen atoms in total. The largest absolute Gasteiger partial charge is 0.459 e. The molecule has 6 heteroatoms. The molecule has 0 unspecified atom stereocenters. The summed E-state index contributed by atoms with van der Waals surface area (Å²) in [5.74, 6) is -0.0741. The van der Waals surface area contributed by atoms with Crippen molar-refractivity contribution in [2.24, 2.45) is 0 Å². The van der Waals surface area contributed by atoms with Crippen LogP contribution in [0, 0.1) is 0 Å². The summed E-state index contributed by atoms with van der Waals surface area (Å²) in [5, 5.41) is 7.59. The van der Waals surface area contributed by atoms with Crippen LogP contribution in [0.4, 0.5) is 0 Å². The standard InChI is InChI=1S/C9H9N3O3/c13-8-4-6(11-12-8)5-10-9(14)7-2-1-3-15-7/h1-4H,5H2,(H,10,14)(H2,11,12,13). The molecule has 3 N–H and O–H groups in total. The molecule has 2 rings (SSSR count). The van der Waals surface area contributed by atoms with Crippen molar-refractivity contribution in [1.29, 1.82) is 0 Å². The molecule has 0 atom stereocenters. The minimum absolute atomic E-state index is 0.225. The van der Waals surface area contributed by atoms with Gasteiger partial charge in [0.05, 0.1) is 18.5 Å². The van der Waals surface area contributed by atoms with Crippen LogP contribution >= 0.6 is 0 Å². The molecule has 0 radical (unpaired) electrons. The van der Waals surface area contributed by atoms with E-state index in [9.17, 15) is 9.59 Å². The molecule has 0 aliphatic rings. The fraction of sp³-hybridized carbons (Fsp3) is 0.111. The van der Waals surface area contributed by atoms with Gasteiger partial charge in [-0.15, -0.1) is 0 Å². The zero-order chi connectivity index (χ0) is 10.7. The lowest BCUT2D eigenvalue weighted by atomic mass is 10.4. The molecule has 0 bridgehead atoms. The highest BCUT2D eigenvalue weighted by Gasteiger charge is 2.07. The smallest absolute Gasteiger partial charge is 0.287 e. The summed E-state index contributed by atoms with van der Waals surface area (Å²) in [5.41, 5.74) is 0.386. The van der Waals surface area contributed by atoms with Crippen LogP contribution in [-0.4, -0.2) is 16.1 Å². The second-order valence-corrected chi connectivity index (χ2v) is 2.94. The number of carbonyl (C=O) groups excluding carboxylic acids is 1. The van der Waals surface area contributed by atoms with E-state index in [-0.39, 0.29) is 23.8 Å². The van der Waals surface area contributed by atoms with E-state index < -0.39 is 0 Å². The minimum Gasteiger partial charge on any atom is -0.459 e. The third kappa shape index (κ3) is 2.16. The number of furan rings is 1. The van der Waals surface area contributed by atoms with Crippen molar-refractivity contribution in [3.8, 4) is 0 Å². The van der Waals surface area contributed by atoms with Crippen molar-refractivity contribution in [1.82, 2.24) is 15.5 Å². The van der Waals surface area contributed by atoms with Gasteiger partial charge in [-0.25, -0.2) is 0 Å². The highest BCUT2D eigenvalue weighted by molar-refractivity contribution is 5.91. The van der Waals surface area contributed by atoms with Crippen molar-refractivity contribution >= 4 is 5.91 Å². The van der Waals surface area contributed by atoms with E-state index in [0.717, 1.165) is 0 Å². The van der Waals surface area contributed by atoms with Gasteiger partial charge in [0.2, 0.25) is 0 Å². The summed E-state index contributed by atoms with van der Waals surface area (Å²) >= 11 is 0. The van der Waals surface area contributed by atoms with Crippen LogP contribution in [-0.2, 0) is 6.54 Å². The molecule has 0 saturated heterocycles. The van der Waals surface area contributed by atoms with E-state index in [1.165, 1.54) is 12.3 Å². The fourth-order valence-electron chi connectivity index (χ4n) is 1.14. The number of hydrogen-bond donors (Lipinski definition) is 3. The summed E-state index contributed by atoms with van der Waals surface area (Å²) in [7, 11) is 0. The average Bonchev–Trinajstić information content (AvgIpc) is 2.84. The summed E-state index contributed by atoms with van der Waals surface area (Å²) < 4.78 is 4.90. The quantitative estimate of drug-likeness (QED) is 0.672. The third-order valence-corrected chi connectivity index (χ3v) is 1.84. The van der Waals surface area contributed by atoms with Gasteiger partial charge in [-0.1, -0.05) is 0 Å². The van der Waals surface area contributed by atoms with Gasteiger partial charge in [0.1, 0.15) is 0 Å². The Kier molecular flexibility index (Phi) is 2.40. The normalized spacial score (nSPS) is 10.1. The van der Waals surface area contributed by atoms with Gasteiger partial charge in [-0.2, -0.15) is 0 Å². The molecule has 0 saturated carbocycles. The van der Waals surface area contributed by atoms with Crippen molar-refractivity contribution in [2.75, 3.05) is 0 Å². The van der Waals surface area contributed by atoms with Gasteiger partial charge in [0, 0.05) is 6.07 Å². The highest BCUT2D eigenvalue weighted by Crippen LogP contribution is 1.99. The average molecular weight is 207 g/mol. The fourth-order valence-corrected chi connectivity index (χ4v) is 1.14. The second kappa shape index (κ2) is 3.87. The Balaban J connectivity index is 1.94. The Morgan fingerprint density at radius 3 is 2.93 bits per heavy atom. The van der Waals surface area contributed by atoms with E-state index >= 15 is 0 Å². The van der Waals surface area contributed by atoms with Crippen LogP contribution in [0.5, 0.6) is 0 Å². The number of aromatic nitrogens is 2. The van der Waals surface area contributed by atoms with Crippen LogP contribution in [0.1, 0.15) is 16.2 Å². The predicted molar refractivity (Wildman–Crippen MR) is 51.3 cm³/mol. The highest BCUT2D eigenvalue weighted by atomic mass is 16.3. The summed E-state index contributed by atoms with van der Waals surface area (Å²) in [4.78, 5) is 22.1. The Morgan fingerprint density at radius 2 is 2.33 bits per heavy atom. The van der Waals surface area contributed by atoms with Crippen molar-refractivity contribution in [3.63, 3.8) is 0 Å². The monoisotopic (exact) mass is 207 g/mol. The summed E-state index contributed by atoms with van der Waals surface area (Å²) in [6.07, 6.45) is 1.42. The molecule has 78 valence electrons. The molecule has 2 aromatic rings. The van der Waals surface area contributed by atoms with Gasteiger partial charge < -0.3 is 14.8 Å². The molecule has 0 aromatic carbocycles. The topological polar surface area (TPSA) is 90.9 Å². The molecule has 2 heterocycles. The number of aromatic amines is 2. The number of nitrogens with one attached hydrogen (secondary N) is 3. The summed E-state index contributed by atoms with van der Waals surface area (Å²) in [6, 6.07) is 4.57. The van der Waals surface area contributed by atoms with Gasteiger partial charge in [-0.05, 0) is 12.1 Å². The first-order valence-corrected chi connectivity index (χ1v) is 4.34. The number of carbonyl (C=O) groups is 1. The molecule has 15 heavy (non-hydrogen) atoms. The first-order chi connectivity index (χ1) is 7.25. The van der Waals surface area contributed by atoms with Crippen molar-refractivity contribution in [2.45, 2.75) is 6.54 Å². The predicted octanol–water partition coefficient (Wildman–Crippen LogP) is 0.226. The van der Waals surface area contributed by atoms with E-state index in [1.54, 1.807) is 12.1 Å². The molecule has 0 aliphatic heterocycles. The van der Waals surface area contributed by atoms with Crippen LogP contribution < -0.4 is 10.9 Å². The van der Waals surface area contributed by atoms with Crippen LogP contribution in [0.2, 0.25) is 0 Å². The number of amides is 1. The van der Waals surface area contributed by atoms with E-state index in [2.05, 4.69) is 15.5 Å². The zero-order valence-electron chi connectivity index (χ0n) is 7.74. The Bertz CT molecular complexity index is 495. The van der Waals surface area contributed by atoms with E-state index in [4.69, 9.17) is 4.42 Å². The zero-order valence-corrected chi connectivity index (χ0v) is 7.74. The molecule has 0 spiro atoms. The maximum Gasteiger partial charge on any atom is 0.287 e. The lowest BCUT2D eigenvalue weighted by Gasteiger charge is -1.99. The van der Waals surface area contributed by atoms with Gasteiger partial charge in [0.15, 0.2) is 5.76 Å². The maximum atomic E-state index is 11.4. The molecule has 2 aromatic heterocycles. The third-order valence-electron chi connectivity index (χ3n) is 1.84. The number of hydrogen-bond acceptors (Lipinski definition) is 3. The molecule has 0 aliphatic carbocycles. The minimum atomic E-state index is -0.318. The van der Waals surface area contributed by atoms with Crippen LogP contribution in [0.3, 0.4) is 0 Å². The molecule has 1 amide bonds. The first kappa shape index (κ1) is 9.32. The number of rotatable bonds is 3. The Hall–Kier alpha value is -2.24. The maximum absolute atomic E-state index is 11.4. The molecular weight excluding hydrogens is 198 g/mol. The molecule has 0 fully saturated rings. The lowest BCUT2D eigenvalue weighted by Crippen LogP contribution is -2.22. The van der Waals surface area contributed by atoms with Crippen LogP contribution in [0.25, 0.3) is 0 Å². The van der Waals surface area contributed by atoms with Crippen molar-refractivity contribution in [3.05, 3.63) is 46.3 Å². The Morgan fingerprint density at radius 1 is 1.47 bits per heavy atom. The van der Waals surface area contributed by atoms with E-state index in [0.29, 0.717) is 5.69 Å². The van der Waals surface area contributed by atoms with Gasteiger partial charge in [-0.3, -0.25) is 14.7 Å². The molecular formula is C9H9N3O3. The van der Waals surface area contributed by atoms with Crippen molar-refractivity contribution < 1.29 is 9.21 Å². The SMILES string of the molecule is O=C(NCc1cc(=O)[nH][nH]1)c1ccco1. The summed E-state index contributed by atoms with van der Waals surface area (Å²) in [6.45, 7) is 0.248. The van der Waals surface area contributed by atoms with Gasteiger partial charge in [0.25, 0.3) is 11.5 Å². The Labute approximate surface area is 84.3 Å². The number of H-pyrrole nitrogens is 2. The van der Waals surface area contributed by atoms with Crippen LogP contribution in [0.15, 0.2) is 33.7 Å². The van der Waals surface area contributed by atoms with Gasteiger partial charge >= 0.3 is 0 Å². The second-order valence-electron chi connectivity index (χ2n) is 2.94. The lowest BCUT2D eigenvalue weighted by molar-refractivity contribution is 0.0922. The first-order valence-electron chi connectivity index (χ1n) is 4.34. The van der Waals surface area contributed by atoms with E-state index in [1.807, 2.05) is 0 Å².